The highest BCUT2D eigenvalue weighted by Gasteiger charge is 2.17. The highest BCUT2D eigenvalue weighted by Crippen LogP contribution is 2.31. The molecule has 0 saturated carbocycles. The summed E-state index contributed by atoms with van der Waals surface area (Å²) in [5.74, 6) is 0.537. The minimum absolute atomic E-state index is 0.263. The van der Waals surface area contributed by atoms with Gasteiger partial charge in [0, 0.05) is 11.4 Å². The van der Waals surface area contributed by atoms with E-state index in [0.717, 1.165) is 5.69 Å². The maximum absolute atomic E-state index is 12.2. The number of rotatable bonds is 4. The molecule has 1 amide bonds. The van der Waals surface area contributed by atoms with E-state index < -0.39 is 0 Å². The Balaban J connectivity index is 2.33. The van der Waals surface area contributed by atoms with Crippen LogP contribution in [0.1, 0.15) is 16.1 Å². The van der Waals surface area contributed by atoms with Crippen LogP contribution < -0.4 is 20.5 Å². The van der Waals surface area contributed by atoms with Crippen LogP contribution in [0.4, 0.5) is 10.8 Å². The molecule has 0 radical (unpaired) electrons. The van der Waals surface area contributed by atoms with Gasteiger partial charge in [0.25, 0.3) is 5.91 Å². The van der Waals surface area contributed by atoms with Crippen molar-refractivity contribution in [2.75, 3.05) is 25.3 Å². The molecule has 0 saturated heterocycles. The number of thiazole rings is 1. The molecule has 2 aromatic rings. The van der Waals surface area contributed by atoms with Gasteiger partial charge >= 0.3 is 0 Å². The number of ether oxygens (including phenoxy) is 2. The smallest absolute Gasteiger partial charge is 0.259 e. The van der Waals surface area contributed by atoms with Crippen LogP contribution in [0.2, 0.25) is 0 Å². The number of amides is 1. The summed E-state index contributed by atoms with van der Waals surface area (Å²) in [6.45, 7) is 1.86. The lowest BCUT2D eigenvalue weighted by Crippen LogP contribution is -2.14. The topological polar surface area (TPSA) is 86.5 Å². The first-order valence-electron chi connectivity index (χ1n) is 5.80. The van der Waals surface area contributed by atoms with Gasteiger partial charge in [0.05, 0.1) is 31.2 Å². The molecule has 0 atom stereocenters. The van der Waals surface area contributed by atoms with E-state index in [1.807, 2.05) is 12.3 Å². The van der Waals surface area contributed by atoms with Crippen LogP contribution in [-0.4, -0.2) is 25.1 Å². The molecule has 1 aromatic heterocycles. The number of hydrogen-bond acceptors (Lipinski definition) is 6. The number of nitrogens with zero attached hydrogens (tertiary/aromatic N) is 1. The van der Waals surface area contributed by atoms with Crippen molar-refractivity contribution in [1.29, 1.82) is 0 Å². The van der Waals surface area contributed by atoms with Crippen molar-refractivity contribution in [3.05, 3.63) is 28.8 Å². The van der Waals surface area contributed by atoms with Crippen molar-refractivity contribution in [3.63, 3.8) is 0 Å². The number of anilines is 2. The molecule has 106 valence electrons. The molecule has 20 heavy (non-hydrogen) atoms. The molecule has 1 aromatic carbocycles. The number of nitrogens with two attached hydrogens (primary N) is 1. The van der Waals surface area contributed by atoms with Crippen molar-refractivity contribution in [3.8, 4) is 11.5 Å². The van der Waals surface area contributed by atoms with E-state index in [9.17, 15) is 4.79 Å². The third-order valence-electron chi connectivity index (χ3n) is 2.66. The van der Waals surface area contributed by atoms with Crippen LogP contribution in [0.5, 0.6) is 11.5 Å². The monoisotopic (exact) mass is 293 g/mol. The number of hydrogen-bond donors (Lipinski definition) is 2. The summed E-state index contributed by atoms with van der Waals surface area (Å²) in [6.07, 6.45) is 0. The summed E-state index contributed by atoms with van der Waals surface area (Å²) < 4.78 is 10.3. The molecule has 0 fully saturated rings. The largest absolute Gasteiger partial charge is 0.497 e. The second-order valence-corrected chi connectivity index (χ2v) is 4.90. The Hall–Kier alpha value is -2.28. The number of aromatic nitrogens is 1. The number of nitrogens with one attached hydrogen (secondary N) is 1. The molecule has 0 unspecified atom stereocenters. The quantitative estimate of drug-likeness (QED) is 0.845. The van der Waals surface area contributed by atoms with Crippen molar-refractivity contribution < 1.29 is 14.3 Å². The van der Waals surface area contributed by atoms with E-state index in [-0.39, 0.29) is 17.2 Å². The molecule has 3 N–H and O–H groups in total. The molecule has 0 bridgehead atoms. The first-order valence-corrected chi connectivity index (χ1v) is 6.68. The predicted molar refractivity (Wildman–Crippen MR) is 78.8 cm³/mol. The third kappa shape index (κ3) is 2.83. The molecule has 0 aliphatic carbocycles. The fourth-order valence-electron chi connectivity index (χ4n) is 1.65. The summed E-state index contributed by atoms with van der Waals surface area (Å²) in [4.78, 5) is 16.4. The van der Waals surface area contributed by atoms with Gasteiger partial charge < -0.3 is 15.2 Å². The number of aryl methyl sites for hydroxylation is 1. The van der Waals surface area contributed by atoms with Crippen LogP contribution in [0, 0.1) is 6.92 Å². The SMILES string of the molecule is COc1cc(OC)c(N)c(C(=O)Nc2nc(C)cs2)c1. The van der Waals surface area contributed by atoms with Gasteiger partial charge in [-0.15, -0.1) is 11.3 Å². The zero-order chi connectivity index (χ0) is 14.7. The fraction of sp³-hybridized carbons (Fsp3) is 0.231. The third-order valence-corrected chi connectivity index (χ3v) is 3.53. The van der Waals surface area contributed by atoms with Crippen LogP contribution in [0.3, 0.4) is 0 Å². The first kappa shape index (κ1) is 14.1. The molecular formula is C13H15N3O3S. The van der Waals surface area contributed by atoms with E-state index >= 15 is 0 Å². The minimum Gasteiger partial charge on any atom is -0.497 e. The van der Waals surface area contributed by atoms with E-state index in [1.54, 1.807) is 12.1 Å². The Morgan fingerprint density at radius 2 is 2.10 bits per heavy atom. The Bertz CT molecular complexity index is 640. The lowest BCUT2D eigenvalue weighted by molar-refractivity contribution is 0.102. The van der Waals surface area contributed by atoms with Crippen LogP contribution >= 0.6 is 11.3 Å². The van der Waals surface area contributed by atoms with Gasteiger partial charge in [-0.2, -0.15) is 0 Å². The predicted octanol–water partition coefficient (Wildman–Crippen LogP) is 2.30. The lowest BCUT2D eigenvalue weighted by Gasteiger charge is -2.12. The van der Waals surface area contributed by atoms with Gasteiger partial charge in [-0.3, -0.25) is 10.1 Å². The number of carbonyl (C=O) groups is 1. The molecule has 6 nitrogen and oxygen atoms in total. The summed E-state index contributed by atoms with van der Waals surface area (Å²) in [7, 11) is 2.99. The second-order valence-electron chi connectivity index (χ2n) is 4.04. The van der Waals surface area contributed by atoms with Crippen molar-refractivity contribution in [2.24, 2.45) is 0 Å². The zero-order valence-corrected chi connectivity index (χ0v) is 12.2. The number of carbonyl (C=O) groups excluding carboxylic acids is 1. The van der Waals surface area contributed by atoms with Gasteiger partial charge in [0.2, 0.25) is 0 Å². The second kappa shape index (κ2) is 5.79. The lowest BCUT2D eigenvalue weighted by atomic mass is 10.1. The van der Waals surface area contributed by atoms with Crippen LogP contribution in [0.25, 0.3) is 0 Å². The standard InChI is InChI=1S/C13H15N3O3S/c1-7-6-20-13(15-7)16-12(17)9-4-8(18-2)5-10(19-3)11(9)14/h4-6H,14H2,1-3H3,(H,15,16,17). The van der Waals surface area contributed by atoms with Gasteiger partial charge in [0.1, 0.15) is 11.5 Å². The fourth-order valence-corrected chi connectivity index (χ4v) is 2.34. The summed E-state index contributed by atoms with van der Waals surface area (Å²) in [6, 6.07) is 3.19. The average molecular weight is 293 g/mol. The zero-order valence-electron chi connectivity index (χ0n) is 11.4. The molecule has 2 rings (SSSR count). The number of nitrogen functional groups attached to an aromatic ring is 1. The van der Waals surface area contributed by atoms with Crippen molar-refractivity contribution in [2.45, 2.75) is 6.92 Å². The molecular weight excluding hydrogens is 278 g/mol. The molecule has 7 heteroatoms. The Morgan fingerprint density at radius 1 is 1.35 bits per heavy atom. The van der Waals surface area contributed by atoms with Crippen molar-refractivity contribution >= 4 is 28.1 Å². The van der Waals surface area contributed by atoms with Gasteiger partial charge in [-0.25, -0.2) is 4.98 Å². The Morgan fingerprint density at radius 3 is 2.65 bits per heavy atom. The number of benzene rings is 1. The van der Waals surface area contributed by atoms with Crippen LogP contribution in [0.15, 0.2) is 17.5 Å². The minimum atomic E-state index is -0.353. The van der Waals surface area contributed by atoms with E-state index in [1.165, 1.54) is 25.6 Å². The van der Waals surface area contributed by atoms with Gasteiger partial charge in [0.15, 0.2) is 5.13 Å². The van der Waals surface area contributed by atoms with E-state index in [4.69, 9.17) is 15.2 Å². The number of methoxy groups -OCH3 is 2. The van der Waals surface area contributed by atoms with Crippen molar-refractivity contribution in [1.82, 2.24) is 4.98 Å². The summed E-state index contributed by atoms with van der Waals surface area (Å²) in [5, 5.41) is 5.07. The Labute approximate surface area is 120 Å². The molecule has 0 spiro atoms. The normalized spacial score (nSPS) is 10.2. The molecule has 0 aliphatic heterocycles. The summed E-state index contributed by atoms with van der Waals surface area (Å²) >= 11 is 1.35. The van der Waals surface area contributed by atoms with Gasteiger partial charge in [-0.05, 0) is 13.0 Å². The Kier molecular flexibility index (Phi) is 4.09. The van der Waals surface area contributed by atoms with E-state index in [2.05, 4.69) is 10.3 Å². The maximum atomic E-state index is 12.2. The average Bonchev–Trinajstić information content (AvgIpc) is 2.84. The highest BCUT2D eigenvalue weighted by atomic mass is 32.1. The summed E-state index contributed by atoms with van der Waals surface area (Å²) in [5.41, 5.74) is 7.32. The van der Waals surface area contributed by atoms with Crippen LogP contribution in [-0.2, 0) is 0 Å². The maximum Gasteiger partial charge on any atom is 0.259 e. The molecule has 0 aliphatic rings. The first-order chi connectivity index (χ1) is 9.55. The van der Waals surface area contributed by atoms with E-state index in [0.29, 0.717) is 16.6 Å². The van der Waals surface area contributed by atoms with Gasteiger partial charge in [-0.1, -0.05) is 0 Å². The molecule has 1 heterocycles. The highest BCUT2D eigenvalue weighted by molar-refractivity contribution is 7.13.